The van der Waals surface area contributed by atoms with Gasteiger partial charge in [-0.25, -0.2) is 0 Å². The number of halogens is 2. The quantitative estimate of drug-likeness (QED) is 0.634. The van der Waals surface area contributed by atoms with Gasteiger partial charge in [0.05, 0.1) is 0 Å². The fraction of sp³-hybridized carbons (Fsp3) is 0.200. The first kappa shape index (κ1) is 9.63. The number of benzene rings is 1. The number of hydrogen-bond donors (Lipinski definition) is 0. The van der Waals surface area contributed by atoms with Crippen LogP contribution in [0.2, 0.25) is 5.02 Å². The summed E-state index contributed by atoms with van der Waals surface area (Å²) in [7, 11) is 0. The minimum absolute atomic E-state index is 0.540. The van der Waals surface area contributed by atoms with Gasteiger partial charge in [-0.15, -0.1) is 11.6 Å². The normalized spacial score (nSPS) is 11.8. The van der Waals surface area contributed by atoms with Crippen molar-refractivity contribution >= 4 is 28.8 Å². The summed E-state index contributed by atoms with van der Waals surface area (Å²) in [5.74, 6) is 0.540. The first-order chi connectivity index (χ1) is 5.74. The van der Waals surface area contributed by atoms with Crippen molar-refractivity contribution in [2.45, 2.75) is 6.92 Å². The van der Waals surface area contributed by atoms with Gasteiger partial charge in [0.1, 0.15) is 0 Å². The highest BCUT2D eigenvalue weighted by molar-refractivity contribution is 6.30. The van der Waals surface area contributed by atoms with E-state index in [-0.39, 0.29) is 0 Å². The van der Waals surface area contributed by atoms with E-state index in [9.17, 15) is 0 Å². The molecule has 0 saturated heterocycles. The Morgan fingerprint density at radius 1 is 1.50 bits per heavy atom. The third-order valence-corrected chi connectivity index (χ3v) is 2.05. The summed E-state index contributed by atoms with van der Waals surface area (Å²) in [6.07, 6.45) is 1.97. The predicted molar refractivity (Wildman–Crippen MR) is 55.8 cm³/mol. The average Bonchev–Trinajstić information content (AvgIpc) is 2.05. The van der Waals surface area contributed by atoms with Gasteiger partial charge in [0.2, 0.25) is 0 Å². The topological polar surface area (TPSA) is 0 Å². The number of rotatable bonds is 2. The maximum absolute atomic E-state index is 5.83. The van der Waals surface area contributed by atoms with E-state index < -0.39 is 0 Å². The predicted octanol–water partition coefficient (Wildman–Crippen LogP) is 3.98. The molecule has 0 N–H and O–H groups in total. The Morgan fingerprint density at radius 3 is 2.83 bits per heavy atom. The SMILES string of the molecule is C/C(=C\CCl)c1cccc(Cl)c1. The smallest absolute Gasteiger partial charge is 0.0412 e. The Labute approximate surface area is 82.8 Å². The lowest BCUT2D eigenvalue weighted by atomic mass is 10.1. The van der Waals surface area contributed by atoms with Gasteiger partial charge in [0.15, 0.2) is 0 Å². The first-order valence-electron chi connectivity index (χ1n) is 3.72. The van der Waals surface area contributed by atoms with Crippen LogP contribution < -0.4 is 0 Å². The molecule has 0 spiro atoms. The Kier molecular flexibility index (Phi) is 3.64. The van der Waals surface area contributed by atoms with Crippen molar-refractivity contribution in [2.75, 3.05) is 5.88 Å². The van der Waals surface area contributed by atoms with E-state index in [4.69, 9.17) is 23.2 Å². The molecule has 0 bridgehead atoms. The Bertz CT molecular complexity index is 290. The van der Waals surface area contributed by atoms with Crippen LogP contribution in [0.5, 0.6) is 0 Å². The molecule has 0 nitrogen and oxygen atoms in total. The van der Waals surface area contributed by atoms with Crippen molar-refractivity contribution < 1.29 is 0 Å². The zero-order valence-corrected chi connectivity index (χ0v) is 8.36. The van der Waals surface area contributed by atoms with E-state index in [1.165, 1.54) is 0 Å². The van der Waals surface area contributed by atoms with E-state index in [0.29, 0.717) is 5.88 Å². The van der Waals surface area contributed by atoms with Crippen LogP contribution in [0.4, 0.5) is 0 Å². The molecular weight excluding hydrogens is 191 g/mol. The van der Waals surface area contributed by atoms with Crippen LogP contribution in [0, 0.1) is 0 Å². The zero-order chi connectivity index (χ0) is 8.97. The molecular formula is C10H10Cl2. The zero-order valence-electron chi connectivity index (χ0n) is 6.85. The summed E-state index contributed by atoms with van der Waals surface area (Å²) >= 11 is 11.4. The van der Waals surface area contributed by atoms with Gasteiger partial charge in [0, 0.05) is 10.9 Å². The second-order valence-corrected chi connectivity index (χ2v) is 3.30. The van der Waals surface area contributed by atoms with Crippen LogP contribution in [0.15, 0.2) is 30.3 Å². The van der Waals surface area contributed by atoms with E-state index in [1.807, 2.05) is 37.3 Å². The van der Waals surface area contributed by atoms with E-state index in [2.05, 4.69) is 0 Å². The molecule has 0 atom stereocenters. The molecule has 0 fully saturated rings. The monoisotopic (exact) mass is 200 g/mol. The van der Waals surface area contributed by atoms with Crippen molar-refractivity contribution in [1.82, 2.24) is 0 Å². The second kappa shape index (κ2) is 4.54. The lowest BCUT2D eigenvalue weighted by Crippen LogP contribution is -1.79. The van der Waals surface area contributed by atoms with Crippen molar-refractivity contribution in [2.24, 2.45) is 0 Å². The molecule has 0 unspecified atom stereocenters. The summed E-state index contributed by atoms with van der Waals surface area (Å²) in [6.45, 7) is 2.02. The molecule has 12 heavy (non-hydrogen) atoms. The fourth-order valence-electron chi connectivity index (χ4n) is 0.967. The Balaban J connectivity index is 2.95. The number of alkyl halides is 1. The van der Waals surface area contributed by atoms with Crippen molar-refractivity contribution in [3.05, 3.63) is 40.9 Å². The molecule has 2 heteroatoms. The highest BCUT2D eigenvalue weighted by atomic mass is 35.5. The van der Waals surface area contributed by atoms with Crippen LogP contribution in [0.3, 0.4) is 0 Å². The van der Waals surface area contributed by atoms with Crippen molar-refractivity contribution in [1.29, 1.82) is 0 Å². The molecule has 0 heterocycles. The first-order valence-corrected chi connectivity index (χ1v) is 4.64. The van der Waals surface area contributed by atoms with Crippen LogP contribution in [0.25, 0.3) is 5.57 Å². The summed E-state index contributed by atoms with van der Waals surface area (Å²) < 4.78 is 0. The standard InChI is InChI=1S/C10H10Cl2/c1-8(5-6-11)9-3-2-4-10(12)7-9/h2-5,7H,6H2,1H3/b8-5+. The summed E-state index contributed by atoms with van der Waals surface area (Å²) in [4.78, 5) is 0. The maximum atomic E-state index is 5.83. The summed E-state index contributed by atoms with van der Waals surface area (Å²) in [5.41, 5.74) is 2.29. The molecule has 1 rings (SSSR count). The van der Waals surface area contributed by atoms with Crippen molar-refractivity contribution in [3.63, 3.8) is 0 Å². The van der Waals surface area contributed by atoms with Gasteiger partial charge in [-0.3, -0.25) is 0 Å². The largest absolute Gasteiger partial charge is 0.122 e. The van der Waals surface area contributed by atoms with Gasteiger partial charge < -0.3 is 0 Å². The molecule has 0 aliphatic carbocycles. The minimum atomic E-state index is 0.540. The Morgan fingerprint density at radius 2 is 2.25 bits per heavy atom. The third kappa shape index (κ3) is 2.54. The molecule has 0 aromatic heterocycles. The molecule has 0 aliphatic rings. The molecule has 0 amide bonds. The van der Waals surface area contributed by atoms with Gasteiger partial charge in [-0.2, -0.15) is 0 Å². The van der Waals surface area contributed by atoms with Crippen LogP contribution >= 0.6 is 23.2 Å². The van der Waals surface area contributed by atoms with Crippen LogP contribution in [0.1, 0.15) is 12.5 Å². The van der Waals surface area contributed by atoms with Gasteiger partial charge in [-0.1, -0.05) is 29.8 Å². The van der Waals surface area contributed by atoms with E-state index in [0.717, 1.165) is 16.2 Å². The number of allylic oxidation sites excluding steroid dienone is 2. The van der Waals surface area contributed by atoms with Gasteiger partial charge >= 0.3 is 0 Å². The molecule has 1 aromatic rings. The summed E-state index contributed by atoms with van der Waals surface area (Å²) in [5, 5.41) is 0.759. The van der Waals surface area contributed by atoms with E-state index >= 15 is 0 Å². The average molecular weight is 201 g/mol. The third-order valence-electron chi connectivity index (χ3n) is 1.66. The fourth-order valence-corrected chi connectivity index (χ4v) is 1.39. The van der Waals surface area contributed by atoms with Crippen LogP contribution in [-0.2, 0) is 0 Å². The van der Waals surface area contributed by atoms with E-state index in [1.54, 1.807) is 0 Å². The molecule has 1 aromatic carbocycles. The van der Waals surface area contributed by atoms with Gasteiger partial charge in [0.25, 0.3) is 0 Å². The highest BCUT2D eigenvalue weighted by Crippen LogP contribution is 2.17. The minimum Gasteiger partial charge on any atom is -0.122 e. The molecule has 0 aliphatic heterocycles. The maximum Gasteiger partial charge on any atom is 0.0412 e. The molecule has 64 valence electrons. The van der Waals surface area contributed by atoms with Crippen molar-refractivity contribution in [3.8, 4) is 0 Å². The number of hydrogen-bond acceptors (Lipinski definition) is 0. The van der Waals surface area contributed by atoms with Gasteiger partial charge in [-0.05, 0) is 30.2 Å². The lowest BCUT2D eigenvalue weighted by Gasteiger charge is -2.00. The van der Waals surface area contributed by atoms with Crippen LogP contribution in [-0.4, -0.2) is 5.88 Å². The molecule has 0 radical (unpaired) electrons. The Hall–Kier alpha value is -0.460. The highest BCUT2D eigenvalue weighted by Gasteiger charge is 1.94. The summed E-state index contributed by atoms with van der Waals surface area (Å²) in [6, 6.07) is 7.74. The second-order valence-electron chi connectivity index (χ2n) is 2.55. The molecule has 0 saturated carbocycles. The lowest BCUT2D eigenvalue weighted by molar-refractivity contribution is 1.54.